The SMILES string of the molecule is CC(=O)OC(C1CCC2C(CC3C4CCC5C(C)(C)C(OC6CN(C(=O)OC(C)(C)C)CCO6)CCC56CC46CCC23C)O1)C(C)(C)O.F. The highest BCUT2D eigenvalue weighted by molar-refractivity contribution is 5.68. The van der Waals surface area contributed by atoms with Crippen LogP contribution < -0.4 is 0 Å². The molecule has 2 aliphatic heterocycles. The summed E-state index contributed by atoms with van der Waals surface area (Å²) in [6, 6.07) is 0. The molecule has 0 bridgehead atoms. The third kappa shape index (κ3) is 6.04. The molecule has 280 valence electrons. The normalized spacial score (nSPS) is 44.5. The largest absolute Gasteiger partial charge is 0.457 e. The van der Waals surface area contributed by atoms with Gasteiger partial charge in [0.1, 0.15) is 5.60 Å². The van der Waals surface area contributed by atoms with Crippen LogP contribution in [-0.2, 0) is 28.5 Å². The number of halogens is 1. The fourth-order valence-corrected chi connectivity index (χ4v) is 12.9. The lowest BCUT2D eigenvalue weighted by Gasteiger charge is -2.60. The van der Waals surface area contributed by atoms with Crippen LogP contribution in [0.15, 0.2) is 0 Å². The Morgan fingerprint density at radius 1 is 0.918 bits per heavy atom. The predicted molar refractivity (Wildman–Crippen MR) is 182 cm³/mol. The third-order valence-electron chi connectivity index (χ3n) is 14.9. The number of ether oxygens (including phenoxy) is 5. The van der Waals surface area contributed by atoms with Gasteiger partial charge < -0.3 is 33.7 Å². The number of fused-ring (bicyclic) bond motifs is 4. The minimum Gasteiger partial charge on any atom is -0.457 e. The van der Waals surface area contributed by atoms with Gasteiger partial charge in [-0.25, -0.2) is 4.79 Å². The summed E-state index contributed by atoms with van der Waals surface area (Å²) in [6.07, 6.45) is 10.3. The van der Waals surface area contributed by atoms with Gasteiger partial charge in [0, 0.05) is 13.5 Å². The first-order valence-corrected chi connectivity index (χ1v) is 19.1. The lowest BCUT2D eigenvalue weighted by atomic mass is 9.46. The Labute approximate surface area is 293 Å². The Bertz CT molecular complexity index is 1280. The molecule has 0 aromatic carbocycles. The van der Waals surface area contributed by atoms with Crippen molar-refractivity contribution in [2.75, 3.05) is 19.7 Å². The number of carbonyl (C=O) groups is 2. The van der Waals surface area contributed by atoms with Crippen molar-refractivity contribution in [2.45, 2.75) is 168 Å². The van der Waals surface area contributed by atoms with Gasteiger partial charge in [0.15, 0.2) is 12.4 Å². The average Bonchev–Trinajstić information content (AvgIpc) is 3.56. The van der Waals surface area contributed by atoms with E-state index in [4.69, 9.17) is 23.7 Å². The molecule has 7 fully saturated rings. The Kier molecular flexibility index (Phi) is 9.35. The predicted octanol–water partition coefficient (Wildman–Crippen LogP) is 7.03. The second-order valence-corrected chi connectivity index (χ2v) is 19.4. The molecule has 9 nitrogen and oxygen atoms in total. The molecule has 49 heavy (non-hydrogen) atoms. The van der Waals surface area contributed by atoms with Crippen LogP contribution in [0.2, 0.25) is 0 Å². The maximum Gasteiger partial charge on any atom is 0.410 e. The van der Waals surface area contributed by atoms with Crippen LogP contribution in [-0.4, -0.2) is 83.7 Å². The molecule has 5 aliphatic carbocycles. The molecule has 5 saturated carbocycles. The van der Waals surface area contributed by atoms with E-state index in [0.717, 1.165) is 31.6 Å². The van der Waals surface area contributed by atoms with Gasteiger partial charge in [0.25, 0.3) is 0 Å². The van der Waals surface area contributed by atoms with Gasteiger partial charge in [-0.2, -0.15) is 0 Å². The lowest BCUT2D eigenvalue weighted by molar-refractivity contribution is -0.243. The monoisotopic (exact) mass is 693 g/mol. The zero-order valence-corrected chi connectivity index (χ0v) is 31.5. The molecular formula is C39H64FNO8. The number of hydrogen-bond acceptors (Lipinski definition) is 8. The molecule has 7 aliphatic rings. The smallest absolute Gasteiger partial charge is 0.410 e. The number of carbonyl (C=O) groups excluding carboxylic acids is 2. The van der Waals surface area contributed by atoms with E-state index in [1.54, 1.807) is 18.7 Å². The van der Waals surface area contributed by atoms with Crippen molar-refractivity contribution in [3.63, 3.8) is 0 Å². The van der Waals surface area contributed by atoms with Crippen LogP contribution in [0, 0.1) is 45.3 Å². The Balaban J connectivity index is 0.00000417. The summed E-state index contributed by atoms with van der Waals surface area (Å²) in [4.78, 5) is 26.5. The topological polar surface area (TPSA) is 104 Å². The van der Waals surface area contributed by atoms with Gasteiger partial charge >= 0.3 is 12.1 Å². The molecule has 12 unspecified atom stereocenters. The third-order valence-corrected chi connectivity index (χ3v) is 14.9. The first kappa shape index (κ1) is 37.3. The molecule has 0 radical (unpaired) electrons. The maximum absolute atomic E-state index is 12.8. The number of amides is 1. The van der Waals surface area contributed by atoms with E-state index in [1.165, 1.54) is 45.4 Å². The molecule has 10 heteroatoms. The first-order valence-electron chi connectivity index (χ1n) is 19.1. The molecule has 2 saturated heterocycles. The molecule has 0 aromatic rings. The number of nitrogens with zero attached hydrogens (tertiary/aromatic N) is 1. The molecule has 1 N–H and O–H groups in total. The van der Waals surface area contributed by atoms with Crippen LogP contribution in [0.1, 0.15) is 127 Å². The highest BCUT2D eigenvalue weighted by Gasteiger charge is 2.80. The van der Waals surface area contributed by atoms with Crippen LogP contribution in [0.3, 0.4) is 0 Å². The van der Waals surface area contributed by atoms with Crippen molar-refractivity contribution < 1.29 is 43.1 Å². The van der Waals surface area contributed by atoms with E-state index in [2.05, 4.69) is 20.8 Å². The van der Waals surface area contributed by atoms with E-state index < -0.39 is 23.6 Å². The summed E-state index contributed by atoms with van der Waals surface area (Å²) >= 11 is 0. The van der Waals surface area contributed by atoms with Gasteiger partial charge in [-0.05, 0) is 144 Å². The lowest BCUT2D eigenvalue weighted by Crippen LogP contribution is -2.56. The quantitative estimate of drug-likeness (QED) is 0.307. The summed E-state index contributed by atoms with van der Waals surface area (Å²) in [6.45, 7) is 19.4. The van der Waals surface area contributed by atoms with E-state index in [0.29, 0.717) is 48.3 Å². The van der Waals surface area contributed by atoms with Crippen LogP contribution >= 0.6 is 0 Å². The number of hydrogen-bond donors (Lipinski definition) is 1. The average molecular weight is 694 g/mol. The van der Waals surface area contributed by atoms with E-state index in [-0.39, 0.29) is 45.9 Å². The summed E-state index contributed by atoms with van der Waals surface area (Å²) in [5, 5.41) is 10.9. The molecule has 7 rings (SSSR count). The Hall–Kier alpha value is -1.49. The summed E-state index contributed by atoms with van der Waals surface area (Å²) in [7, 11) is 0. The van der Waals surface area contributed by atoms with E-state index in [9.17, 15) is 14.7 Å². The van der Waals surface area contributed by atoms with Gasteiger partial charge in [-0.1, -0.05) is 20.8 Å². The van der Waals surface area contributed by atoms with Crippen molar-refractivity contribution in [3.05, 3.63) is 0 Å². The maximum atomic E-state index is 12.8. The summed E-state index contributed by atoms with van der Waals surface area (Å²) in [5.74, 6) is 2.17. The highest BCUT2D eigenvalue weighted by atomic mass is 19.0. The molecule has 2 heterocycles. The number of esters is 1. The van der Waals surface area contributed by atoms with Gasteiger partial charge in [0.2, 0.25) is 0 Å². The fourth-order valence-electron chi connectivity index (χ4n) is 12.9. The number of morpholine rings is 1. The fraction of sp³-hybridized carbons (Fsp3) is 0.949. The van der Waals surface area contributed by atoms with E-state index >= 15 is 0 Å². The Morgan fingerprint density at radius 2 is 1.63 bits per heavy atom. The van der Waals surface area contributed by atoms with Crippen LogP contribution in [0.25, 0.3) is 0 Å². The van der Waals surface area contributed by atoms with Gasteiger partial charge in [-0.3, -0.25) is 9.50 Å². The van der Waals surface area contributed by atoms with Crippen molar-refractivity contribution in [2.24, 2.45) is 45.3 Å². The minimum atomic E-state index is -1.16. The standard InChI is InChI=1S/C39H63NO8.FH/c1-23(41)45-32(36(7,8)43)27-12-10-25-28(46-27)20-26-24-11-13-29-35(5,6)30(14-15-39(29)22-38(24,39)17-16-37(25,26)9)47-31-21-40(18-19-44-31)33(42)48-34(2,3)4;/h24-32,43H,10-22H2,1-9H3;1H. The van der Waals surface area contributed by atoms with Crippen LogP contribution in [0.5, 0.6) is 0 Å². The van der Waals surface area contributed by atoms with E-state index in [1.807, 2.05) is 20.8 Å². The Morgan fingerprint density at radius 3 is 2.31 bits per heavy atom. The summed E-state index contributed by atoms with van der Waals surface area (Å²) in [5.41, 5.74) is -0.558. The molecule has 1 amide bonds. The minimum absolute atomic E-state index is 0. The second-order valence-electron chi connectivity index (χ2n) is 19.4. The zero-order valence-electron chi connectivity index (χ0n) is 31.5. The first-order chi connectivity index (χ1) is 22.3. The van der Waals surface area contributed by atoms with Crippen molar-refractivity contribution in [3.8, 4) is 0 Å². The highest BCUT2D eigenvalue weighted by Crippen LogP contribution is 2.87. The molecule has 2 spiro atoms. The van der Waals surface area contributed by atoms with Crippen molar-refractivity contribution in [1.29, 1.82) is 0 Å². The van der Waals surface area contributed by atoms with Gasteiger partial charge in [0.05, 0.1) is 37.1 Å². The van der Waals surface area contributed by atoms with Crippen molar-refractivity contribution in [1.82, 2.24) is 4.90 Å². The summed E-state index contributed by atoms with van der Waals surface area (Å²) < 4.78 is 31.0. The molecule has 12 atom stereocenters. The number of aliphatic hydroxyl groups is 1. The molecule has 0 aromatic heterocycles. The van der Waals surface area contributed by atoms with Gasteiger partial charge in [-0.15, -0.1) is 0 Å². The van der Waals surface area contributed by atoms with Crippen LogP contribution in [0.4, 0.5) is 9.50 Å². The number of rotatable bonds is 5. The molecular weight excluding hydrogens is 629 g/mol. The second kappa shape index (κ2) is 12.3. The van der Waals surface area contributed by atoms with Crippen molar-refractivity contribution >= 4 is 12.1 Å². The zero-order chi connectivity index (χ0) is 34.7.